The monoisotopic (exact) mass is 352 g/mol. The van der Waals surface area contributed by atoms with E-state index in [0.29, 0.717) is 17.3 Å². The second-order valence-corrected chi connectivity index (χ2v) is 5.80. The molecule has 0 aliphatic heterocycles. The molecule has 0 atom stereocenters. The Labute approximate surface area is 147 Å². The minimum absolute atomic E-state index is 0.307. The van der Waals surface area contributed by atoms with Crippen molar-refractivity contribution >= 4 is 22.8 Å². The number of pyridine rings is 1. The Morgan fingerprint density at radius 3 is 2.46 bits per heavy atom. The van der Waals surface area contributed by atoms with E-state index in [1.807, 2.05) is 30.3 Å². The number of benzene rings is 2. The molecule has 0 fully saturated rings. The number of carbonyl (C=O) groups is 2. The van der Waals surface area contributed by atoms with Gasteiger partial charge in [-0.3, -0.25) is 14.4 Å². The predicted molar refractivity (Wildman–Crippen MR) is 95.5 cm³/mol. The molecule has 0 saturated carbocycles. The van der Waals surface area contributed by atoms with Crippen molar-refractivity contribution in [2.75, 3.05) is 6.54 Å². The van der Waals surface area contributed by atoms with Gasteiger partial charge in [0.15, 0.2) is 0 Å². The molecule has 0 spiro atoms. The summed E-state index contributed by atoms with van der Waals surface area (Å²) in [7, 11) is 0. The molecule has 0 saturated heterocycles. The van der Waals surface area contributed by atoms with E-state index >= 15 is 0 Å². The molecule has 1 aromatic heterocycles. The van der Waals surface area contributed by atoms with Gasteiger partial charge in [-0.05, 0) is 29.7 Å². The first kappa shape index (κ1) is 17.2. The van der Waals surface area contributed by atoms with E-state index in [1.165, 1.54) is 0 Å². The molecule has 132 valence electrons. The number of carbonyl (C=O) groups excluding carboxylic acids is 1. The van der Waals surface area contributed by atoms with Crippen LogP contribution >= 0.6 is 0 Å². The van der Waals surface area contributed by atoms with Crippen LogP contribution in [0.25, 0.3) is 10.9 Å². The lowest BCUT2D eigenvalue weighted by Crippen LogP contribution is -2.33. The van der Waals surface area contributed by atoms with Crippen molar-refractivity contribution in [3.05, 3.63) is 75.6 Å². The highest BCUT2D eigenvalue weighted by Gasteiger charge is 2.19. The van der Waals surface area contributed by atoms with Gasteiger partial charge in [0, 0.05) is 5.39 Å². The molecule has 26 heavy (non-hydrogen) atoms. The number of hydrogen-bond acceptors (Lipinski definition) is 4. The van der Waals surface area contributed by atoms with Crippen LogP contribution in [0.4, 0.5) is 0 Å². The molecule has 1 amide bonds. The summed E-state index contributed by atoms with van der Waals surface area (Å²) in [6, 6.07) is 14.9. The number of aromatic nitrogens is 1. The topological polar surface area (TPSA) is 119 Å². The fourth-order valence-corrected chi connectivity index (χ4v) is 2.72. The molecule has 4 N–H and O–H groups in total. The third-order valence-electron chi connectivity index (χ3n) is 3.93. The van der Waals surface area contributed by atoms with Gasteiger partial charge in [-0.15, -0.1) is 0 Å². The van der Waals surface area contributed by atoms with Crippen LogP contribution in [0.1, 0.15) is 21.5 Å². The van der Waals surface area contributed by atoms with Gasteiger partial charge >= 0.3 is 5.97 Å². The number of amides is 1. The smallest absolute Gasteiger partial charge is 0.322 e. The van der Waals surface area contributed by atoms with Crippen LogP contribution in [0.5, 0.6) is 5.75 Å². The van der Waals surface area contributed by atoms with E-state index in [0.717, 1.165) is 11.1 Å². The molecule has 0 radical (unpaired) electrons. The Bertz CT molecular complexity index is 1040. The number of carboxylic acids is 1. The Balaban J connectivity index is 1.97. The summed E-state index contributed by atoms with van der Waals surface area (Å²) in [4.78, 5) is 37.3. The van der Waals surface area contributed by atoms with Gasteiger partial charge < -0.3 is 20.5 Å². The zero-order valence-corrected chi connectivity index (χ0v) is 13.7. The molecule has 2 aromatic carbocycles. The summed E-state index contributed by atoms with van der Waals surface area (Å²) < 4.78 is 0. The Morgan fingerprint density at radius 2 is 1.77 bits per heavy atom. The molecular weight excluding hydrogens is 336 g/mol. The van der Waals surface area contributed by atoms with E-state index in [2.05, 4.69) is 10.3 Å². The van der Waals surface area contributed by atoms with Crippen LogP contribution < -0.4 is 10.9 Å². The lowest BCUT2D eigenvalue weighted by atomic mass is 10.0. The lowest BCUT2D eigenvalue weighted by Gasteiger charge is -2.09. The summed E-state index contributed by atoms with van der Waals surface area (Å²) in [5.41, 5.74) is 1.14. The number of aromatic hydroxyl groups is 1. The molecular formula is C19H16N2O5. The molecule has 7 heteroatoms. The normalized spacial score (nSPS) is 10.6. The zero-order chi connectivity index (χ0) is 18.7. The molecule has 3 rings (SSSR count). The fraction of sp³-hybridized carbons (Fsp3) is 0.105. The molecule has 0 bridgehead atoms. The van der Waals surface area contributed by atoms with Gasteiger partial charge in [0.2, 0.25) is 0 Å². The van der Waals surface area contributed by atoms with Crippen LogP contribution in [0.15, 0.2) is 53.3 Å². The summed E-state index contributed by atoms with van der Waals surface area (Å²) in [5, 5.41) is 21.3. The van der Waals surface area contributed by atoms with Crippen LogP contribution in [0.3, 0.4) is 0 Å². The van der Waals surface area contributed by atoms with E-state index < -0.39 is 35.3 Å². The number of hydrogen-bond donors (Lipinski definition) is 4. The first-order chi connectivity index (χ1) is 12.5. The van der Waals surface area contributed by atoms with Gasteiger partial charge in [0.25, 0.3) is 11.5 Å². The Kier molecular flexibility index (Phi) is 4.70. The van der Waals surface area contributed by atoms with Crippen molar-refractivity contribution in [2.24, 2.45) is 0 Å². The van der Waals surface area contributed by atoms with E-state index in [-0.39, 0.29) is 0 Å². The summed E-state index contributed by atoms with van der Waals surface area (Å²) in [6.45, 7) is -0.647. The number of rotatable bonds is 5. The minimum Gasteiger partial charge on any atom is -0.506 e. The fourth-order valence-electron chi connectivity index (χ4n) is 2.72. The number of carboxylic acid groups (broad SMARTS) is 1. The first-order valence-electron chi connectivity index (χ1n) is 7.87. The zero-order valence-electron chi connectivity index (χ0n) is 13.7. The second kappa shape index (κ2) is 7.10. The number of nitrogens with one attached hydrogen (secondary N) is 2. The van der Waals surface area contributed by atoms with Gasteiger partial charge in [-0.25, -0.2) is 0 Å². The van der Waals surface area contributed by atoms with Crippen LogP contribution in [-0.4, -0.2) is 33.6 Å². The van der Waals surface area contributed by atoms with Crippen molar-refractivity contribution in [3.8, 4) is 5.75 Å². The average molecular weight is 352 g/mol. The van der Waals surface area contributed by atoms with E-state index in [4.69, 9.17) is 5.11 Å². The Morgan fingerprint density at radius 1 is 1.04 bits per heavy atom. The summed E-state index contributed by atoms with van der Waals surface area (Å²) in [5.74, 6) is -2.67. The van der Waals surface area contributed by atoms with Crippen LogP contribution in [-0.2, 0) is 11.2 Å². The third-order valence-corrected chi connectivity index (χ3v) is 3.93. The van der Waals surface area contributed by atoms with Crippen molar-refractivity contribution in [1.29, 1.82) is 0 Å². The highest BCUT2D eigenvalue weighted by molar-refractivity contribution is 6.02. The minimum atomic E-state index is -1.25. The number of aliphatic carboxylic acids is 1. The molecule has 0 aliphatic rings. The SMILES string of the molecule is O=C(O)CNC(=O)c1c(O)c2ccc(Cc3ccccc3)cc2[nH]c1=O. The number of fused-ring (bicyclic) bond motifs is 1. The molecule has 7 nitrogen and oxygen atoms in total. The maximum absolute atomic E-state index is 12.2. The van der Waals surface area contributed by atoms with Gasteiger partial charge in [0.1, 0.15) is 17.9 Å². The van der Waals surface area contributed by atoms with Crippen LogP contribution in [0.2, 0.25) is 0 Å². The predicted octanol–water partition coefficient (Wildman–Crippen LogP) is 1.64. The van der Waals surface area contributed by atoms with E-state index in [1.54, 1.807) is 18.2 Å². The molecule has 0 aliphatic carbocycles. The molecule has 1 heterocycles. The third kappa shape index (κ3) is 3.56. The van der Waals surface area contributed by atoms with E-state index in [9.17, 15) is 19.5 Å². The van der Waals surface area contributed by atoms with Gasteiger partial charge in [-0.2, -0.15) is 0 Å². The van der Waals surface area contributed by atoms with Gasteiger partial charge in [0.05, 0.1) is 5.52 Å². The number of aromatic amines is 1. The summed E-state index contributed by atoms with van der Waals surface area (Å²) >= 11 is 0. The van der Waals surface area contributed by atoms with Crippen molar-refractivity contribution in [3.63, 3.8) is 0 Å². The van der Waals surface area contributed by atoms with Crippen molar-refractivity contribution < 1.29 is 19.8 Å². The van der Waals surface area contributed by atoms with Gasteiger partial charge in [-0.1, -0.05) is 36.4 Å². The average Bonchev–Trinajstić information content (AvgIpc) is 2.60. The highest BCUT2D eigenvalue weighted by atomic mass is 16.4. The lowest BCUT2D eigenvalue weighted by molar-refractivity contribution is -0.135. The highest BCUT2D eigenvalue weighted by Crippen LogP contribution is 2.26. The maximum atomic E-state index is 12.2. The first-order valence-corrected chi connectivity index (χ1v) is 7.87. The van der Waals surface area contributed by atoms with Crippen molar-refractivity contribution in [1.82, 2.24) is 10.3 Å². The Hall–Kier alpha value is -3.61. The molecule has 0 unspecified atom stereocenters. The quantitative estimate of drug-likeness (QED) is 0.556. The standard InChI is InChI=1S/C19H16N2O5/c22-15(23)10-20-18(25)16-17(24)13-7-6-12(9-14(13)21-19(16)26)8-11-4-2-1-3-5-11/h1-7,9H,8,10H2,(H,20,25)(H,22,23)(H2,21,24,26). The van der Waals surface area contributed by atoms with Crippen LogP contribution in [0, 0.1) is 0 Å². The van der Waals surface area contributed by atoms with Crippen molar-refractivity contribution in [2.45, 2.75) is 6.42 Å². The molecule has 3 aromatic rings. The number of H-pyrrole nitrogens is 1. The second-order valence-electron chi connectivity index (χ2n) is 5.80. The maximum Gasteiger partial charge on any atom is 0.322 e. The summed E-state index contributed by atoms with van der Waals surface area (Å²) in [6.07, 6.45) is 0.653. The largest absolute Gasteiger partial charge is 0.506 e.